The predicted octanol–water partition coefficient (Wildman–Crippen LogP) is 11.1. The molecule has 2 saturated heterocycles. The number of alkyl halides is 2. The Morgan fingerprint density at radius 2 is 1.47 bits per heavy atom. The lowest BCUT2D eigenvalue weighted by Gasteiger charge is -2.31. The lowest BCUT2D eigenvalue weighted by atomic mass is 9.87. The highest BCUT2D eigenvalue weighted by atomic mass is 19.3. The van der Waals surface area contributed by atoms with Gasteiger partial charge >= 0.3 is 12.2 Å². The number of nitrogens with one attached hydrogen (secondary N) is 2. The van der Waals surface area contributed by atoms with E-state index in [2.05, 4.69) is 15.0 Å². The van der Waals surface area contributed by atoms with Gasteiger partial charge in [0.15, 0.2) is 0 Å². The van der Waals surface area contributed by atoms with E-state index in [-0.39, 0.29) is 46.9 Å². The Morgan fingerprint density at radius 3 is 2.17 bits per heavy atom. The number of fused-ring (bicyclic) bond motifs is 6. The van der Waals surface area contributed by atoms with Crippen molar-refractivity contribution >= 4 is 23.2 Å². The average Bonchev–Trinajstić information content (AvgIpc) is 3.57. The van der Waals surface area contributed by atoms with Crippen molar-refractivity contribution in [3.05, 3.63) is 83.6 Å². The van der Waals surface area contributed by atoms with Crippen molar-refractivity contribution in [3.8, 4) is 33.5 Å². The fourth-order valence-corrected chi connectivity index (χ4v) is 10.1. The molecule has 10 nitrogen and oxygen atoms in total. The molecule has 2 bridgehead atoms. The van der Waals surface area contributed by atoms with E-state index in [9.17, 15) is 9.59 Å². The largest absolute Gasteiger partial charge is 0.444 e. The van der Waals surface area contributed by atoms with Crippen LogP contribution in [0.2, 0.25) is 0 Å². The summed E-state index contributed by atoms with van der Waals surface area (Å²) in [6.45, 7) is 11.8. The molecule has 10 rings (SSSR count). The van der Waals surface area contributed by atoms with Crippen LogP contribution >= 0.6 is 0 Å². The van der Waals surface area contributed by atoms with Crippen LogP contribution in [0.5, 0.6) is 0 Å². The van der Waals surface area contributed by atoms with Crippen molar-refractivity contribution in [3.63, 3.8) is 0 Å². The lowest BCUT2D eigenvalue weighted by Crippen LogP contribution is -2.41. The van der Waals surface area contributed by atoms with Gasteiger partial charge in [-0.25, -0.2) is 19.6 Å². The number of aromatic nitrogens is 4. The Kier molecular flexibility index (Phi) is 8.06. The van der Waals surface area contributed by atoms with Gasteiger partial charge in [-0.05, 0) is 138 Å². The minimum Gasteiger partial charge on any atom is -0.444 e. The van der Waals surface area contributed by atoms with Crippen LogP contribution in [-0.4, -0.2) is 65.7 Å². The van der Waals surface area contributed by atoms with Crippen LogP contribution in [-0.2, 0) is 15.4 Å². The first-order valence-electron chi connectivity index (χ1n) is 20.7. The number of hydrogen-bond acceptors (Lipinski definition) is 6. The number of halogens is 2. The molecule has 4 heterocycles. The monoisotopic (exact) mass is 788 g/mol. The highest BCUT2D eigenvalue weighted by molar-refractivity contribution is 5.87. The summed E-state index contributed by atoms with van der Waals surface area (Å²) in [7, 11) is 0. The van der Waals surface area contributed by atoms with Crippen molar-refractivity contribution in [2.24, 2.45) is 11.3 Å². The third kappa shape index (κ3) is 6.25. The van der Waals surface area contributed by atoms with E-state index in [0.29, 0.717) is 46.2 Å². The number of carbonyl (C=O) groups is 2. The van der Waals surface area contributed by atoms with E-state index in [1.165, 1.54) is 0 Å². The third-order valence-corrected chi connectivity index (χ3v) is 12.9. The summed E-state index contributed by atoms with van der Waals surface area (Å²) in [6, 6.07) is 15.9. The molecule has 4 atom stereocenters. The van der Waals surface area contributed by atoms with Crippen LogP contribution in [0.15, 0.2) is 60.8 Å². The molecule has 4 fully saturated rings. The van der Waals surface area contributed by atoms with Crippen LogP contribution in [0.4, 0.5) is 18.4 Å². The molecule has 12 heteroatoms. The van der Waals surface area contributed by atoms with Gasteiger partial charge < -0.3 is 19.4 Å². The molecule has 3 aliphatic carbocycles. The summed E-state index contributed by atoms with van der Waals surface area (Å²) >= 11 is 0. The summed E-state index contributed by atoms with van der Waals surface area (Å²) in [4.78, 5) is 46.9. The van der Waals surface area contributed by atoms with Gasteiger partial charge in [0.2, 0.25) is 0 Å². The molecule has 1 spiro atoms. The summed E-state index contributed by atoms with van der Waals surface area (Å²) in [5, 5.41) is 0. The number of ether oxygens (including phenoxy) is 2. The lowest BCUT2D eigenvalue weighted by molar-refractivity contribution is 0.0128. The highest BCUT2D eigenvalue weighted by Gasteiger charge is 2.55. The zero-order chi connectivity index (χ0) is 40.5. The second-order valence-electron chi connectivity index (χ2n) is 19.4. The number of nitrogens with zero attached hydrogens (tertiary/aromatic N) is 4. The van der Waals surface area contributed by atoms with E-state index in [0.717, 1.165) is 67.4 Å². The molecule has 58 heavy (non-hydrogen) atoms. The molecule has 3 aromatic carbocycles. The van der Waals surface area contributed by atoms with Gasteiger partial charge in [-0.15, -0.1) is 0 Å². The van der Waals surface area contributed by atoms with E-state index >= 15 is 8.78 Å². The Morgan fingerprint density at radius 1 is 0.810 bits per heavy atom. The van der Waals surface area contributed by atoms with Crippen molar-refractivity contribution in [2.75, 3.05) is 6.54 Å². The highest BCUT2D eigenvalue weighted by Crippen LogP contribution is 2.59. The molecular formula is C46H50F2N6O4. The number of benzene rings is 3. The van der Waals surface area contributed by atoms with Gasteiger partial charge in [0.05, 0.1) is 35.0 Å². The molecule has 2 N–H and O–H groups in total. The normalized spacial score (nSPS) is 24.0. The van der Waals surface area contributed by atoms with Crippen LogP contribution in [0.1, 0.15) is 121 Å². The molecule has 5 aliphatic rings. The van der Waals surface area contributed by atoms with E-state index < -0.39 is 17.1 Å². The zero-order valence-electron chi connectivity index (χ0n) is 33.9. The molecule has 302 valence electrons. The van der Waals surface area contributed by atoms with E-state index in [1.54, 1.807) is 35.4 Å². The number of imidazole rings is 2. The fourth-order valence-electron chi connectivity index (χ4n) is 10.1. The molecule has 2 saturated carbocycles. The molecule has 5 aromatic rings. The second-order valence-corrected chi connectivity index (χ2v) is 19.4. The summed E-state index contributed by atoms with van der Waals surface area (Å²) in [5.41, 5.74) is 4.03. The van der Waals surface area contributed by atoms with Gasteiger partial charge in [-0.3, -0.25) is 9.80 Å². The van der Waals surface area contributed by atoms with Crippen LogP contribution in [0, 0.1) is 11.3 Å². The first kappa shape index (κ1) is 37.0. The number of rotatable bonds is 4. The van der Waals surface area contributed by atoms with Crippen molar-refractivity contribution in [1.29, 1.82) is 0 Å². The summed E-state index contributed by atoms with van der Waals surface area (Å²) in [5.74, 6) is -1.57. The van der Waals surface area contributed by atoms with Gasteiger partial charge in [0, 0.05) is 29.3 Å². The average molecular weight is 789 g/mol. The topological polar surface area (TPSA) is 116 Å². The first-order chi connectivity index (χ1) is 27.5. The SMILES string of the molecule is CC(C)(C)OC(=O)N1CC2(CC2)CC1c1ncc(-c2ccc3c(c2)C(F)(F)c2cc(-c4ccc5nc([C@@H]6[C@H]7CCCC(C7)N6C(=O)OC(C)(C)C)[nH]c5c4)ccc2-3)[nH]1. The quantitative estimate of drug-likeness (QED) is 0.187. The maximum atomic E-state index is 16.5. The van der Waals surface area contributed by atoms with Crippen molar-refractivity contribution < 1.29 is 27.8 Å². The molecule has 2 aromatic heterocycles. The standard InChI is InChI=1S/C46H50F2N6O4/c1-43(2,3)57-41(55)53-24-45(16-17-45)22-37(53)39-49-23-36(52-39)27-11-14-31-30-13-10-25(19-32(30)46(47,48)33(31)20-27)26-12-15-34-35(21-26)51-40(50-34)38-28-8-7-9-29(18-28)54(38)42(56)58-44(4,5)6/h10-15,19-21,23,28-29,37-38H,7-9,16-18,22,24H2,1-6H3,(H,49,52)(H,50,51)/t28-,29?,37?,38-/m0/s1. The Labute approximate surface area is 336 Å². The number of likely N-dealkylation sites (tertiary alicyclic amines) is 2. The summed E-state index contributed by atoms with van der Waals surface area (Å²) in [6.07, 6.45) is 7.89. The van der Waals surface area contributed by atoms with E-state index in [4.69, 9.17) is 14.5 Å². The predicted molar refractivity (Wildman–Crippen MR) is 216 cm³/mol. The number of hydrogen-bond donors (Lipinski definition) is 2. The number of carbonyl (C=O) groups excluding carboxylic acids is 2. The van der Waals surface area contributed by atoms with Crippen LogP contribution in [0.3, 0.4) is 0 Å². The number of H-pyrrole nitrogens is 2. The first-order valence-corrected chi connectivity index (χ1v) is 20.7. The molecule has 2 aliphatic heterocycles. The van der Waals surface area contributed by atoms with Gasteiger partial charge in [-0.1, -0.05) is 36.8 Å². The molecule has 2 amide bonds. The summed E-state index contributed by atoms with van der Waals surface area (Å²) < 4.78 is 44.7. The Balaban J connectivity index is 0.914. The fraction of sp³-hybridized carbons (Fsp3) is 0.478. The minimum atomic E-state index is -3.23. The molecular weight excluding hydrogens is 739 g/mol. The smallest absolute Gasteiger partial charge is 0.411 e. The van der Waals surface area contributed by atoms with Gasteiger partial charge in [0.1, 0.15) is 22.9 Å². The maximum Gasteiger partial charge on any atom is 0.411 e. The number of amides is 2. The van der Waals surface area contributed by atoms with Crippen LogP contribution < -0.4 is 0 Å². The number of aromatic amines is 2. The third-order valence-electron chi connectivity index (χ3n) is 12.9. The maximum absolute atomic E-state index is 16.5. The second kappa shape index (κ2) is 12.6. The van der Waals surface area contributed by atoms with Crippen molar-refractivity contribution in [1.82, 2.24) is 29.7 Å². The minimum absolute atomic E-state index is 0.0345. The molecule has 0 radical (unpaired) electrons. The van der Waals surface area contributed by atoms with Gasteiger partial charge in [-0.2, -0.15) is 8.78 Å². The van der Waals surface area contributed by atoms with Crippen LogP contribution in [0.25, 0.3) is 44.5 Å². The van der Waals surface area contributed by atoms with Gasteiger partial charge in [0.25, 0.3) is 5.92 Å². The van der Waals surface area contributed by atoms with Crippen molar-refractivity contribution in [2.45, 2.75) is 122 Å². The zero-order valence-corrected chi connectivity index (χ0v) is 33.9. The Bertz CT molecular complexity index is 2490. The Hall–Kier alpha value is -5.26. The van der Waals surface area contributed by atoms with E-state index in [1.807, 2.05) is 76.8 Å². The molecule has 2 unspecified atom stereocenters.